The van der Waals surface area contributed by atoms with Gasteiger partial charge in [-0.25, -0.2) is 19.8 Å². The Bertz CT molecular complexity index is 2600. The van der Waals surface area contributed by atoms with Crippen molar-refractivity contribution in [3.8, 4) is 67.5 Å². The molecule has 1 aliphatic rings. The fourth-order valence-corrected chi connectivity index (χ4v) is 7.42. The van der Waals surface area contributed by atoms with Gasteiger partial charge in [0.25, 0.3) is 0 Å². The van der Waals surface area contributed by atoms with Crippen LogP contribution in [0.3, 0.4) is 0 Å². The third-order valence-corrected chi connectivity index (χ3v) is 10.00. The van der Waals surface area contributed by atoms with Gasteiger partial charge in [0.05, 0.1) is 6.57 Å². The molecule has 0 atom stereocenters. The molecule has 0 N–H and O–H groups in total. The van der Waals surface area contributed by atoms with Gasteiger partial charge in [0.1, 0.15) is 0 Å². The van der Waals surface area contributed by atoms with E-state index >= 15 is 0 Å². The van der Waals surface area contributed by atoms with Crippen molar-refractivity contribution in [2.75, 3.05) is 0 Å². The molecular weight excluding hydrogens is 623 g/mol. The van der Waals surface area contributed by atoms with Crippen molar-refractivity contribution in [2.45, 2.75) is 19.3 Å². The summed E-state index contributed by atoms with van der Waals surface area (Å²) in [6.45, 7) is 12.5. The maximum Gasteiger partial charge on any atom is 0.195 e. The molecule has 0 fully saturated rings. The van der Waals surface area contributed by atoms with Crippen LogP contribution in [0.4, 0.5) is 5.69 Å². The summed E-state index contributed by atoms with van der Waals surface area (Å²) in [5.74, 6) is 1.84. The lowest BCUT2D eigenvalue weighted by atomic mass is 9.81. The van der Waals surface area contributed by atoms with Crippen LogP contribution >= 0.6 is 0 Å². The minimum atomic E-state index is -0.253. The topological polar surface area (TPSA) is 55.9 Å². The zero-order chi connectivity index (χ0) is 34.5. The maximum atomic E-state index is 7.93. The van der Waals surface area contributed by atoms with Crippen LogP contribution in [0, 0.1) is 6.57 Å². The molecule has 0 unspecified atom stereocenters. The highest BCUT2D eigenvalue weighted by Gasteiger charge is 2.37. The third-order valence-electron chi connectivity index (χ3n) is 10.00. The van der Waals surface area contributed by atoms with E-state index < -0.39 is 0 Å². The van der Waals surface area contributed by atoms with E-state index in [2.05, 4.69) is 84.3 Å². The number of aromatic nitrogens is 4. The Kier molecular flexibility index (Phi) is 7.12. The van der Waals surface area contributed by atoms with Crippen LogP contribution in [0.5, 0.6) is 0 Å². The summed E-state index contributed by atoms with van der Waals surface area (Å²) in [4.78, 5) is 23.4. The Morgan fingerprint density at radius 2 is 1.14 bits per heavy atom. The maximum absolute atomic E-state index is 7.93. The molecule has 6 aromatic carbocycles. The Labute approximate surface area is 296 Å². The first kappa shape index (κ1) is 30.3. The average molecular weight is 654 g/mol. The molecule has 1 aliphatic carbocycles. The zero-order valence-corrected chi connectivity index (χ0v) is 28.2. The van der Waals surface area contributed by atoms with E-state index in [0.29, 0.717) is 23.2 Å². The minimum Gasteiger partial charge on any atom is -0.264 e. The molecule has 51 heavy (non-hydrogen) atoms. The molecule has 0 radical (unpaired) electrons. The van der Waals surface area contributed by atoms with E-state index in [1.54, 1.807) is 6.20 Å². The quantitative estimate of drug-likeness (QED) is 0.173. The molecule has 0 amide bonds. The monoisotopic (exact) mass is 653 g/mol. The van der Waals surface area contributed by atoms with E-state index in [4.69, 9.17) is 21.5 Å². The van der Waals surface area contributed by atoms with Crippen molar-refractivity contribution in [1.82, 2.24) is 19.9 Å². The average Bonchev–Trinajstić information content (AvgIpc) is 3.43. The Morgan fingerprint density at radius 3 is 1.78 bits per heavy atom. The van der Waals surface area contributed by atoms with E-state index in [-0.39, 0.29) is 5.41 Å². The highest BCUT2D eigenvalue weighted by Crippen LogP contribution is 2.53. The first-order valence-electron chi connectivity index (χ1n) is 17.0. The van der Waals surface area contributed by atoms with Gasteiger partial charge in [0, 0.05) is 40.1 Å². The van der Waals surface area contributed by atoms with Crippen molar-refractivity contribution < 1.29 is 0 Å². The largest absolute Gasteiger partial charge is 0.264 e. The minimum absolute atomic E-state index is 0.253. The first-order chi connectivity index (χ1) is 25.0. The summed E-state index contributed by atoms with van der Waals surface area (Å²) in [6, 6.07) is 47.8. The fourth-order valence-electron chi connectivity index (χ4n) is 7.42. The van der Waals surface area contributed by atoms with Crippen molar-refractivity contribution in [2.24, 2.45) is 0 Å². The van der Waals surface area contributed by atoms with Gasteiger partial charge in [-0.05, 0) is 80.0 Å². The molecule has 2 heterocycles. The number of hydrogen-bond acceptors (Lipinski definition) is 4. The number of nitrogens with zero attached hydrogens (tertiary/aromatic N) is 5. The lowest BCUT2D eigenvalue weighted by Crippen LogP contribution is -2.15. The smallest absolute Gasteiger partial charge is 0.195 e. The SMILES string of the molecule is [C-]#[N+]c1cccc2ccc3c(c12)-c1ccc(-c2cc(-c4cccnc4)cc(-c4nc(-c5ccccc5)nc(-c5ccccc5)n4)c2)cc1C3(C)C. The van der Waals surface area contributed by atoms with Crippen LogP contribution in [0.1, 0.15) is 25.0 Å². The van der Waals surface area contributed by atoms with Gasteiger partial charge < -0.3 is 0 Å². The van der Waals surface area contributed by atoms with Crippen LogP contribution in [-0.2, 0) is 5.41 Å². The normalized spacial score (nSPS) is 12.6. The van der Waals surface area contributed by atoms with Gasteiger partial charge >= 0.3 is 0 Å². The number of fused-ring (bicyclic) bond motifs is 5. The Hall–Kier alpha value is -6.77. The second kappa shape index (κ2) is 12.0. The van der Waals surface area contributed by atoms with Crippen LogP contribution in [0.25, 0.3) is 83.2 Å². The number of pyridine rings is 1. The van der Waals surface area contributed by atoms with Gasteiger partial charge in [-0.3, -0.25) is 4.98 Å². The van der Waals surface area contributed by atoms with E-state index in [1.807, 2.05) is 85.1 Å². The van der Waals surface area contributed by atoms with Crippen molar-refractivity contribution >= 4 is 16.5 Å². The van der Waals surface area contributed by atoms with Gasteiger partial charge in [-0.2, -0.15) is 0 Å². The van der Waals surface area contributed by atoms with Crippen LogP contribution in [0.15, 0.2) is 152 Å². The lowest BCUT2D eigenvalue weighted by molar-refractivity contribution is 0.661. The van der Waals surface area contributed by atoms with Crippen LogP contribution < -0.4 is 0 Å². The van der Waals surface area contributed by atoms with Gasteiger partial charge in [0.15, 0.2) is 23.2 Å². The lowest BCUT2D eigenvalue weighted by Gasteiger charge is -2.22. The van der Waals surface area contributed by atoms with Crippen molar-refractivity contribution in [1.29, 1.82) is 0 Å². The second-order valence-corrected chi connectivity index (χ2v) is 13.4. The fraction of sp³-hybridized carbons (Fsp3) is 0.0652. The molecule has 5 nitrogen and oxygen atoms in total. The molecule has 8 aromatic rings. The molecule has 0 saturated heterocycles. The molecule has 9 rings (SSSR count). The Balaban J connectivity index is 1.25. The summed E-state index contributed by atoms with van der Waals surface area (Å²) < 4.78 is 0. The molecule has 240 valence electrons. The second-order valence-electron chi connectivity index (χ2n) is 13.4. The Morgan fingerprint density at radius 1 is 0.510 bits per heavy atom. The van der Waals surface area contributed by atoms with Crippen LogP contribution in [0.2, 0.25) is 0 Å². The van der Waals surface area contributed by atoms with Gasteiger partial charge in [-0.1, -0.05) is 123 Å². The highest BCUT2D eigenvalue weighted by molar-refractivity contribution is 6.09. The summed E-state index contributed by atoms with van der Waals surface area (Å²) in [7, 11) is 0. The van der Waals surface area contributed by atoms with Gasteiger partial charge in [-0.15, -0.1) is 0 Å². The molecule has 0 bridgehead atoms. The summed E-state index contributed by atoms with van der Waals surface area (Å²) >= 11 is 0. The van der Waals surface area contributed by atoms with Crippen molar-refractivity contribution in [3.63, 3.8) is 0 Å². The molecule has 2 aromatic heterocycles. The summed E-state index contributed by atoms with van der Waals surface area (Å²) in [6.07, 6.45) is 3.69. The summed E-state index contributed by atoms with van der Waals surface area (Å²) in [5.41, 5.74) is 12.2. The molecule has 0 saturated carbocycles. The van der Waals surface area contributed by atoms with E-state index in [1.165, 1.54) is 22.3 Å². The van der Waals surface area contributed by atoms with E-state index in [9.17, 15) is 0 Å². The molecule has 0 aliphatic heterocycles. The van der Waals surface area contributed by atoms with E-state index in [0.717, 1.165) is 49.7 Å². The predicted octanol–water partition coefficient (Wildman–Crippen LogP) is 11.6. The number of benzene rings is 6. The zero-order valence-electron chi connectivity index (χ0n) is 28.2. The summed E-state index contributed by atoms with van der Waals surface area (Å²) in [5, 5.41) is 2.12. The third kappa shape index (κ3) is 5.17. The molecule has 0 spiro atoms. The number of rotatable bonds is 5. The first-order valence-corrected chi connectivity index (χ1v) is 17.0. The highest BCUT2D eigenvalue weighted by atomic mass is 15.0. The predicted molar refractivity (Wildman–Crippen MR) is 206 cm³/mol. The standard InChI is InChI=1S/C46H31N5/c1-46(2)38-22-20-29-16-10-18-40(47-3)41(29)42(38)37-21-19-32(27-39(37)46)34-24-35(33-17-11-23-48-28-33)26-36(25-34)45-50-43(30-12-6-4-7-13-30)49-44(51-45)31-14-8-5-9-15-31/h4-28H,1-2H3. The number of hydrogen-bond donors (Lipinski definition) is 0. The van der Waals surface area contributed by atoms with Gasteiger partial charge in [0.2, 0.25) is 0 Å². The molecule has 5 heteroatoms. The van der Waals surface area contributed by atoms with Crippen LogP contribution in [-0.4, -0.2) is 19.9 Å². The van der Waals surface area contributed by atoms with Crippen molar-refractivity contribution in [3.05, 3.63) is 174 Å². The molecular formula is C46H31N5.